The molecule has 0 saturated carbocycles. The largest absolute Gasteiger partial charge is 0.412 e. The summed E-state index contributed by atoms with van der Waals surface area (Å²) in [6, 6.07) is 0. The second-order valence-corrected chi connectivity index (χ2v) is 9.50. The van der Waals surface area contributed by atoms with Gasteiger partial charge in [0.1, 0.15) is 0 Å². The zero-order chi connectivity index (χ0) is 8.69. The van der Waals surface area contributed by atoms with E-state index in [1.54, 1.807) is 8.35 Å². The third kappa shape index (κ3) is 13.4. The molecule has 0 aromatic carbocycles. The maximum atomic E-state index is 2.34. The molecule has 0 unspecified atom stereocenters. The van der Waals surface area contributed by atoms with Crippen molar-refractivity contribution in [2.45, 2.75) is 48.9 Å². The molecule has 2 heteroatoms. The van der Waals surface area contributed by atoms with E-state index in [9.17, 15) is 0 Å². The molecule has 12 heavy (non-hydrogen) atoms. The summed E-state index contributed by atoms with van der Waals surface area (Å²) >= 11 is -0.120. The standard InChI is InChI=1S/2C5H11.Hf.H2O/c2*1-4-5(2)3;;/h2*5H,1,4H2,2-3H3;;1H2. The van der Waals surface area contributed by atoms with E-state index in [1.807, 2.05) is 0 Å². The van der Waals surface area contributed by atoms with Crippen molar-refractivity contribution >= 4 is 0 Å². The van der Waals surface area contributed by atoms with Crippen LogP contribution in [0.4, 0.5) is 0 Å². The molecule has 0 aliphatic heterocycles. The van der Waals surface area contributed by atoms with Gasteiger partial charge in [-0.15, -0.1) is 0 Å². The van der Waals surface area contributed by atoms with Crippen LogP contribution < -0.4 is 0 Å². The van der Waals surface area contributed by atoms with Gasteiger partial charge in [-0.1, -0.05) is 0 Å². The topological polar surface area (TPSA) is 31.5 Å². The molecule has 0 spiro atoms. The van der Waals surface area contributed by atoms with Crippen LogP contribution in [0.1, 0.15) is 40.5 Å². The Labute approximate surface area is 89.0 Å². The Bertz CT molecular complexity index is 71.9. The predicted octanol–water partition coefficient (Wildman–Crippen LogP) is 3.17. The Morgan fingerprint density at radius 3 is 1.42 bits per heavy atom. The molecule has 0 radical (unpaired) electrons. The summed E-state index contributed by atoms with van der Waals surface area (Å²) in [5.41, 5.74) is 0. The first-order valence-electron chi connectivity index (χ1n) is 4.83. The van der Waals surface area contributed by atoms with Gasteiger partial charge in [-0.3, -0.25) is 0 Å². The van der Waals surface area contributed by atoms with Crippen LogP contribution in [0, 0.1) is 11.8 Å². The first-order valence-corrected chi connectivity index (χ1v) is 9.91. The Morgan fingerprint density at radius 2 is 1.17 bits per heavy atom. The van der Waals surface area contributed by atoms with Gasteiger partial charge in [-0.25, -0.2) is 0 Å². The molecule has 0 fully saturated rings. The fourth-order valence-corrected chi connectivity index (χ4v) is 7.42. The maximum absolute atomic E-state index is 2.34. The molecule has 0 aliphatic rings. The van der Waals surface area contributed by atoms with E-state index in [1.165, 1.54) is 12.8 Å². The molecular weight excluding hydrogens is 315 g/mol. The van der Waals surface area contributed by atoms with Crippen molar-refractivity contribution in [3.8, 4) is 0 Å². The van der Waals surface area contributed by atoms with Crippen LogP contribution in [0.15, 0.2) is 0 Å². The molecular formula is C10H24HfO. The smallest absolute Gasteiger partial charge is 0.412 e. The van der Waals surface area contributed by atoms with Crippen molar-refractivity contribution in [1.82, 2.24) is 0 Å². The molecule has 0 atom stereocenters. The molecule has 0 amide bonds. The molecule has 0 aromatic heterocycles. The monoisotopic (exact) mass is 340 g/mol. The first kappa shape index (κ1) is 15.3. The van der Waals surface area contributed by atoms with E-state index in [0.717, 1.165) is 11.8 Å². The van der Waals surface area contributed by atoms with Crippen molar-refractivity contribution in [3.05, 3.63) is 0 Å². The second-order valence-electron chi connectivity index (χ2n) is 4.12. The molecule has 74 valence electrons. The van der Waals surface area contributed by atoms with Crippen LogP contribution >= 0.6 is 0 Å². The molecule has 0 rings (SSSR count). The van der Waals surface area contributed by atoms with Crippen LogP contribution in [0.5, 0.6) is 0 Å². The summed E-state index contributed by atoms with van der Waals surface area (Å²) < 4.78 is 3.26. The SMILES string of the molecule is CC(C)C[CH2][Hf][CH2]CC(C)C.O. The Morgan fingerprint density at radius 1 is 0.833 bits per heavy atom. The van der Waals surface area contributed by atoms with Crippen LogP contribution in [-0.4, -0.2) is 5.48 Å². The molecule has 0 aromatic rings. The van der Waals surface area contributed by atoms with E-state index in [0.29, 0.717) is 0 Å². The van der Waals surface area contributed by atoms with Gasteiger partial charge in [0.2, 0.25) is 0 Å². The van der Waals surface area contributed by atoms with Gasteiger partial charge in [0.25, 0.3) is 0 Å². The van der Waals surface area contributed by atoms with E-state index in [2.05, 4.69) is 27.7 Å². The van der Waals surface area contributed by atoms with E-state index >= 15 is 0 Å². The van der Waals surface area contributed by atoms with E-state index in [4.69, 9.17) is 0 Å². The van der Waals surface area contributed by atoms with Crippen LogP contribution in [0.3, 0.4) is 0 Å². The summed E-state index contributed by atoms with van der Waals surface area (Å²) in [6.45, 7) is 9.36. The normalized spacial score (nSPS) is 10.2. The summed E-state index contributed by atoms with van der Waals surface area (Å²) in [6.07, 6.45) is 3.00. The van der Waals surface area contributed by atoms with Crippen LogP contribution in [0.2, 0.25) is 8.35 Å². The average molecular weight is 339 g/mol. The minimum atomic E-state index is -0.120. The van der Waals surface area contributed by atoms with Crippen molar-refractivity contribution in [2.24, 2.45) is 11.8 Å². The molecule has 0 bridgehead atoms. The Kier molecular flexibility index (Phi) is 12.6. The minimum absolute atomic E-state index is 0. The molecule has 0 aliphatic carbocycles. The third-order valence-electron chi connectivity index (χ3n) is 1.80. The summed E-state index contributed by atoms with van der Waals surface area (Å²) in [4.78, 5) is 0. The molecule has 1 nitrogen and oxygen atoms in total. The van der Waals surface area contributed by atoms with Crippen molar-refractivity contribution < 1.29 is 28.4 Å². The fourth-order valence-electron chi connectivity index (χ4n) is 0.906. The second kappa shape index (κ2) is 9.91. The predicted molar refractivity (Wildman–Crippen MR) is 52.1 cm³/mol. The Hall–Kier alpha value is 0.830. The number of hydrogen-bond acceptors (Lipinski definition) is 0. The van der Waals surface area contributed by atoms with Crippen molar-refractivity contribution in [1.29, 1.82) is 0 Å². The zero-order valence-corrected chi connectivity index (χ0v) is 12.6. The molecule has 0 heterocycles. The minimum Gasteiger partial charge on any atom is -0.412 e. The van der Waals surface area contributed by atoms with Gasteiger partial charge in [-0.05, 0) is 0 Å². The van der Waals surface area contributed by atoms with E-state index in [-0.39, 0.29) is 28.4 Å². The average Bonchev–Trinajstić information content (AvgIpc) is 1.85. The van der Waals surface area contributed by atoms with E-state index < -0.39 is 0 Å². The van der Waals surface area contributed by atoms with Gasteiger partial charge in [0.15, 0.2) is 0 Å². The maximum Gasteiger partial charge on any atom is -0.412 e. The van der Waals surface area contributed by atoms with Crippen molar-refractivity contribution in [2.75, 3.05) is 0 Å². The van der Waals surface area contributed by atoms with Crippen LogP contribution in [-0.2, 0) is 22.9 Å². The number of rotatable bonds is 6. The fraction of sp³-hybridized carbons (Fsp3) is 1.00. The number of hydrogen-bond donors (Lipinski definition) is 0. The van der Waals surface area contributed by atoms with Crippen LogP contribution in [0.25, 0.3) is 0 Å². The van der Waals surface area contributed by atoms with Gasteiger partial charge in [-0.2, -0.15) is 0 Å². The van der Waals surface area contributed by atoms with Gasteiger partial charge >= 0.3 is 83.6 Å². The van der Waals surface area contributed by atoms with Gasteiger partial charge in [0, 0.05) is 0 Å². The summed E-state index contributed by atoms with van der Waals surface area (Å²) in [5, 5.41) is 0. The van der Waals surface area contributed by atoms with Gasteiger partial charge < -0.3 is 5.48 Å². The molecule has 0 saturated heterocycles. The zero-order valence-electron chi connectivity index (χ0n) is 8.98. The molecule has 2 N–H and O–H groups in total. The first-order chi connectivity index (χ1) is 5.13. The summed E-state index contributed by atoms with van der Waals surface area (Å²) in [5.74, 6) is 1.89. The Balaban J connectivity index is 0. The van der Waals surface area contributed by atoms with Crippen molar-refractivity contribution in [3.63, 3.8) is 0 Å². The quantitative estimate of drug-likeness (QED) is 0.526. The van der Waals surface area contributed by atoms with Gasteiger partial charge in [0.05, 0.1) is 0 Å². The summed E-state index contributed by atoms with van der Waals surface area (Å²) in [7, 11) is 0. The third-order valence-corrected chi connectivity index (χ3v) is 6.41.